The second kappa shape index (κ2) is 2.15. The normalized spacial score (nSPS) is 36.1. The molecule has 1 heterocycles. The summed E-state index contributed by atoms with van der Waals surface area (Å²) in [6.45, 7) is 6.50. The van der Waals surface area contributed by atoms with Crippen LogP contribution in [-0.4, -0.2) is 31.1 Å². The van der Waals surface area contributed by atoms with Crippen molar-refractivity contribution in [3.05, 3.63) is 0 Å². The Morgan fingerprint density at radius 1 is 1.42 bits per heavy atom. The van der Waals surface area contributed by atoms with Crippen LogP contribution < -0.4 is 5.32 Å². The van der Waals surface area contributed by atoms with Gasteiger partial charge < -0.3 is 10.2 Å². The van der Waals surface area contributed by atoms with Crippen LogP contribution in [0.1, 0.15) is 13.8 Å². The third-order valence-corrected chi connectivity index (χ3v) is 3.62. The number of urea groups is 1. The highest BCUT2D eigenvalue weighted by atomic mass is 16.2. The first-order chi connectivity index (χ1) is 5.57. The first-order valence-corrected chi connectivity index (χ1v) is 4.54. The largest absolute Gasteiger partial charge is 0.341 e. The van der Waals surface area contributed by atoms with Crippen LogP contribution in [-0.2, 0) is 0 Å². The summed E-state index contributed by atoms with van der Waals surface area (Å²) < 4.78 is 0. The number of nitrogens with one attached hydrogen (secondary N) is 1. The summed E-state index contributed by atoms with van der Waals surface area (Å²) in [6.07, 6.45) is 0. The minimum atomic E-state index is 0.0815. The van der Waals surface area contributed by atoms with Crippen molar-refractivity contribution < 1.29 is 4.79 Å². The molecule has 0 aromatic carbocycles. The van der Waals surface area contributed by atoms with Gasteiger partial charge in [0.2, 0.25) is 0 Å². The van der Waals surface area contributed by atoms with E-state index in [1.54, 1.807) is 7.05 Å². The number of likely N-dealkylation sites (tertiary alicyclic amines) is 1. The van der Waals surface area contributed by atoms with E-state index >= 15 is 0 Å². The van der Waals surface area contributed by atoms with E-state index in [0.717, 1.165) is 24.9 Å². The van der Waals surface area contributed by atoms with Gasteiger partial charge in [-0.1, -0.05) is 13.8 Å². The van der Waals surface area contributed by atoms with Gasteiger partial charge in [0.25, 0.3) is 0 Å². The molecule has 1 aliphatic heterocycles. The third-order valence-electron chi connectivity index (χ3n) is 3.62. The van der Waals surface area contributed by atoms with Crippen molar-refractivity contribution in [3.8, 4) is 0 Å². The Morgan fingerprint density at radius 3 is 2.33 bits per heavy atom. The zero-order valence-electron chi connectivity index (χ0n) is 7.92. The van der Waals surface area contributed by atoms with Gasteiger partial charge in [-0.2, -0.15) is 0 Å². The molecule has 0 radical (unpaired) electrons. The molecular formula is C9H16N2O. The molecule has 3 nitrogen and oxygen atoms in total. The molecule has 0 spiro atoms. The minimum Gasteiger partial charge on any atom is -0.341 e. The Kier molecular flexibility index (Phi) is 1.41. The van der Waals surface area contributed by atoms with Gasteiger partial charge in [-0.3, -0.25) is 0 Å². The number of rotatable bonds is 0. The Bertz CT molecular complexity index is 211. The number of piperidine rings is 1. The maximum atomic E-state index is 11.2. The molecule has 1 saturated carbocycles. The standard InChI is InChI=1S/C9H16N2O/c1-9(2)6-4-11(5-7(6)9)8(12)10-3/h6-7H,4-5H2,1-3H3,(H,10,12). The lowest BCUT2D eigenvalue weighted by molar-refractivity contribution is 0.198. The van der Waals surface area contributed by atoms with Crippen LogP contribution >= 0.6 is 0 Å². The van der Waals surface area contributed by atoms with Crippen molar-refractivity contribution in [1.82, 2.24) is 10.2 Å². The van der Waals surface area contributed by atoms with E-state index in [0.29, 0.717) is 5.41 Å². The fourth-order valence-corrected chi connectivity index (χ4v) is 2.46. The van der Waals surface area contributed by atoms with E-state index in [1.807, 2.05) is 4.90 Å². The van der Waals surface area contributed by atoms with Gasteiger partial charge in [-0.25, -0.2) is 4.79 Å². The smallest absolute Gasteiger partial charge is 0.317 e. The van der Waals surface area contributed by atoms with Gasteiger partial charge in [-0.05, 0) is 17.3 Å². The molecule has 3 heteroatoms. The van der Waals surface area contributed by atoms with Gasteiger partial charge in [0, 0.05) is 20.1 Å². The predicted octanol–water partition coefficient (Wildman–Crippen LogP) is 0.914. The van der Waals surface area contributed by atoms with E-state index in [1.165, 1.54) is 0 Å². The van der Waals surface area contributed by atoms with Gasteiger partial charge in [0.15, 0.2) is 0 Å². The molecule has 1 aliphatic carbocycles. The van der Waals surface area contributed by atoms with Crippen LogP contribution in [0.4, 0.5) is 4.79 Å². The summed E-state index contributed by atoms with van der Waals surface area (Å²) >= 11 is 0. The fourth-order valence-electron chi connectivity index (χ4n) is 2.46. The number of carbonyl (C=O) groups excluding carboxylic acids is 1. The topological polar surface area (TPSA) is 32.3 Å². The Hall–Kier alpha value is -0.730. The second-order valence-electron chi connectivity index (χ2n) is 4.49. The Labute approximate surface area is 73.1 Å². The van der Waals surface area contributed by atoms with Crippen molar-refractivity contribution >= 4 is 6.03 Å². The molecule has 2 unspecified atom stereocenters. The monoisotopic (exact) mass is 168 g/mol. The fraction of sp³-hybridized carbons (Fsp3) is 0.889. The maximum Gasteiger partial charge on any atom is 0.317 e. The molecule has 2 atom stereocenters. The van der Waals surface area contributed by atoms with E-state index in [4.69, 9.17) is 0 Å². The van der Waals surface area contributed by atoms with Crippen LogP contribution in [0.2, 0.25) is 0 Å². The van der Waals surface area contributed by atoms with Crippen molar-refractivity contribution in [1.29, 1.82) is 0 Å². The van der Waals surface area contributed by atoms with Crippen LogP contribution in [0, 0.1) is 17.3 Å². The Balaban J connectivity index is 1.94. The molecule has 0 bridgehead atoms. The highest BCUT2D eigenvalue weighted by Gasteiger charge is 2.62. The number of fused-ring (bicyclic) bond motifs is 1. The van der Waals surface area contributed by atoms with E-state index in [9.17, 15) is 4.79 Å². The van der Waals surface area contributed by atoms with Crippen LogP contribution in [0.15, 0.2) is 0 Å². The SMILES string of the molecule is CNC(=O)N1CC2C(C1)C2(C)C. The number of hydrogen-bond donors (Lipinski definition) is 1. The zero-order chi connectivity index (χ0) is 8.93. The third kappa shape index (κ3) is 0.853. The second-order valence-corrected chi connectivity index (χ2v) is 4.49. The highest BCUT2D eigenvalue weighted by Crippen LogP contribution is 2.61. The number of nitrogens with zero attached hydrogens (tertiary/aromatic N) is 1. The molecule has 2 amide bonds. The van der Waals surface area contributed by atoms with Crippen LogP contribution in [0.3, 0.4) is 0 Å². The van der Waals surface area contributed by atoms with Gasteiger partial charge >= 0.3 is 6.03 Å². The summed E-state index contributed by atoms with van der Waals surface area (Å²) in [5.41, 5.74) is 0.504. The molecule has 1 saturated heterocycles. The molecule has 68 valence electrons. The molecule has 2 rings (SSSR count). The lowest BCUT2D eigenvalue weighted by Gasteiger charge is -2.21. The van der Waals surface area contributed by atoms with Crippen molar-refractivity contribution in [2.24, 2.45) is 17.3 Å². The lowest BCUT2D eigenvalue weighted by atomic mass is 10.1. The summed E-state index contributed by atoms with van der Waals surface area (Å²) in [5, 5.41) is 2.66. The van der Waals surface area contributed by atoms with Crippen molar-refractivity contribution in [2.75, 3.05) is 20.1 Å². The predicted molar refractivity (Wildman–Crippen MR) is 46.8 cm³/mol. The van der Waals surface area contributed by atoms with E-state index in [-0.39, 0.29) is 6.03 Å². The molecule has 2 aliphatic rings. The summed E-state index contributed by atoms with van der Waals surface area (Å²) in [4.78, 5) is 13.1. The number of hydrogen-bond acceptors (Lipinski definition) is 1. The number of amides is 2. The van der Waals surface area contributed by atoms with Crippen molar-refractivity contribution in [3.63, 3.8) is 0 Å². The minimum absolute atomic E-state index is 0.0815. The quantitative estimate of drug-likeness (QED) is 0.573. The van der Waals surface area contributed by atoms with Crippen LogP contribution in [0.25, 0.3) is 0 Å². The average molecular weight is 168 g/mol. The lowest BCUT2D eigenvalue weighted by Crippen LogP contribution is -2.38. The first kappa shape index (κ1) is 7.90. The molecule has 0 aromatic heterocycles. The summed E-state index contributed by atoms with van der Waals surface area (Å²) in [6, 6.07) is 0.0815. The summed E-state index contributed by atoms with van der Waals surface area (Å²) in [7, 11) is 1.69. The van der Waals surface area contributed by atoms with E-state index in [2.05, 4.69) is 19.2 Å². The summed E-state index contributed by atoms with van der Waals surface area (Å²) in [5.74, 6) is 1.52. The molecule has 2 fully saturated rings. The Morgan fingerprint density at radius 2 is 1.92 bits per heavy atom. The molecular weight excluding hydrogens is 152 g/mol. The van der Waals surface area contributed by atoms with E-state index < -0.39 is 0 Å². The molecule has 0 aromatic rings. The van der Waals surface area contributed by atoms with Gasteiger partial charge in [0.05, 0.1) is 0 Å². The first-order valence-electron chi connectivity index (χ1n) is 4.54. The maximum absolute atomic E-state index is 11.2. The highest BCUT2D eigenvalue weighted by molar-refractivity contribution is 5.74. The number of carbonyl (C=O) groups is 1. The zero-order valence-corrected chi connectivity index (χ0v) is 7.92. The van der Waals surface area contributed by atoms with Gasteiger partial charge in [0.1, 0.15) is 0 Å². The molecule has 12 heavy (non-hydrogen) atoms. The van der Waals surface area contributed by atoms with Crippen molar-refractivity contribution in [2.45, 2.75) is 13.8 Å². The molecule has 1 N–H and O–H groups in total. The van der Waals surface area contributed by atoms with Gasteiger partial charge in [-0.15, -0.1) is 0 Å². The average Bonchev–Trinajstić information content (AvgIpc) is 2.52. The van der Waals surface area contributed by atoms with Crippen LogP contribution in [0.5, 0.6) is 0 Å².